The number of carbonyl (C=O) groups is 1. The highest BCUT2D eigenvalue weighted by molar-refractivity contribution is 5.90. The van der Waals surface area contributed by atoms with E-state index in [1.54, 1.807) is 4.68 Å². The van der Waals surface area contributed by atoms with Crippen molar-refractivity contribution in [1.29, 1.82) is 0 Å². The van der Waals surface area contributed by atoms with Crippen LogP contribution < -0.4 is 10.9 Å². The molecular weight excluding hydrogens is 375 g/mol. The predicted octanol–water partition coefficient (Wildman–Crippen LogP) is 2.12. The Morgan fingerprint density at radius 3 is 2.66 bits per heavy atom. The molecule has 4 rings (SSSR count). The van der Waals surface area contributed by atoms with E-state index in [9.17, 15) is 14.0 Å². The standard InChI is InChI=1S/C20H17FN6O2/c1-13-4-2-3-5-14(13)10-27-19-18(24-25-27)20(29)26(12-22-19)11-17(28)23-16-8-6-15(21)7-9-16/h2-9,12H,10-11H2,1H3,(H,23,28). The summed E-state index contributed by atoms with van der Waals surface area (Å²) in [4.78, 5) is 29.1. The first-order valence-corrected chi connectivity index (χ1v) is 8.90. The molecule has 2 heterocycles. The first-order valence-electron chi connectivity index (χ1n) is 8.90. The summed E-state index contributed by atoms with van der Waals surface area (Å²) in [5.74, 6) is -0.838. The summed E-state index contributed by atoms with van der Waals surface area (Å²) < 4.78 is 15.7. The van der Waals surface area contributed by atoms with Gasteiger partial charge >= 0.3 is 0 Å². The molecule has 8 nitrogen and oxygen atoms in total. The molecule has 1 amide bonds. The molecule has 29 heavy (non-hydrogen) atoms. The maximum atomic E-state index is 13.0. The lowest BCUT2D eigenvalue weighted by molar-refractivity contribution is -0.116. The zero-order chi connectivity index (χ0) is 20.4. The second kappa shape index (κ2) is 7.63. The van der Waals surface area contributed by atoms with Crippen molar-refractivity contribution in [3.8, 4) is 0 Å². The predicted molar refractivity (Wildman–Crippen MR) is 105 cm³/mol. The molecule has 0 atom stereocenters. The zero-order valence-electron chi connectivity index (χ0n) is 15.5. The second-order valence-corrected chi connectivity index (χ2v) is 6.58. The number of amides is 1. The number of aromatic nitrogens is 5. The molecule has 0 aliphatic heterocycles. The van der Waals surface area contributed by atoms with E-state index in [-0.39, 0.29) is 12.1 Å². The molecule has 2 aromatic heterocycles. The highest BCUT2D eigenvalue weighted by Gasteiger charge is 2.14. The van der Waals surface area contributed by atoms with E-state index in [0.29, 0.717) is 17.9 Å². The second-order valence-electron chi connectivity index (χ2n) is 6.58. The van der Waals surface area contributed by atoms with Crippen molar-refractivity contribution in [2.45, 2.75) is 20.0 Å². The molecule has 146 valence electrons. The van der Waals surface area contributed by atoms with Gasteiger partial charge in [-0.1, -0.05) is 29.5 Å². The molecule has 0 saturated carbocycles. The molecule has 4 aromatic rings. The third-order valence-corrected chi connectivity index (χ3v) is 4.52. The van der Waals surface area contributed by atoms with Gasteiger partial charge in [0.15, 0.2) is 11.2 Å². The minimum Gasteiger partial charge on any atom is -0.325 e. The summed E-state index contributed by atoms with van der Waals surface area (Å²) in [5, 5.41) is 10.6. The third kappa shape index (κ3) is 3.88. The van der Waals surface area contributed by atoms with Gasteiger partial charge in [0.25, 0.3) is 5.56 Å². The van der Waals surface area contributed by atoms with E-state index in [4.69, 9.17) is 0 Å². The maximum Gasteiger partial charge on any atom is 0.283 e. The number of aryl methyl sites for hydroxylation is 1. The fraction of sp³-hybridized carbons (Fsp3) is 0.150. The molecule has 0 radical (unpaired) electrons. The first kappa shape index (κ1) is 18.5. The number of carbonyl (C=O) groups excluding carboxylic acids is 1. The molecule has 0 bridgehead atoms. The lowest BCUT2D eigenvalue weighted by Gasteiger charge is -2.08. The van der Waals surface area contributed by atoms with Crippen LogP contribution in [0.3, 0.4) is 0 Å². The fourth-order valence-electron chi connectivity index (χ4n) is 2.94. The van der Waals surface area contributed by atoms with Crippen LogP contribution in [0.5, 0.6) is 0 Å². The van der Waals surface area contributed by atoms with Gasteiger partial charge < -0.3 is 5.32 Å². The van der Waals surface area contributed by atoms with Crippen LogP contribution in [0.1, 0.15) is 11.1 Å². The van der Waals surface area contributed by atoms with Gasteiger partial charge in [0, 0.05) is 5.69 Å². The van der Waals surface area contributed by atoms with Crippen molar-refractivity contribution < 1.29 is 9.18 Å². The Bertz CT molecular complexity index is 1250. The number of benzene rings is 2. The molecule has 0 aliphatic rings. The topological polar surface area (TPSA) is 94.7 Å². The van der Waals surface area contributed by atoms with Gasteiger partial charge in [-0.05, 0) is 42.3 Å². The van der Waals surface area contributed by atoms with E-state index in [1.165, 1.54) is 30.6 Å². The van der Waals surface area contributed by atoms with Crippen LogP contribution in [0.2, 0.25) is 0 Å². The van der Waals surface area contributed by atoms with Gasteiger partial charge in [0.05, 0.1) is 6.54 Å². The summed E-state index contributed by atoms with van der Waals surface area (Å²) in [7, 11) is 0. The first-order chi connectivity index (χ1) is 14.0. The van der Waals surface area contributed by atoms with E-state index in [2.05, 4.69) is 20.6 Å². The Morgan fingerprint density at radius 2 is 1.90 bits per heavy atom. The van der Waals surface area contributed by atoms with Crippen LogP contribution in [-0.4, -0.2) is 30.5 Å². The monoisotopic (exact) mass is 392 g/mol. The van der Waals surface area contributed by atoms with E-state index in [1.807, 2.05) is 31.2 Å². The number of hydrogen-bond donors (Lipinski definition) is 1. The zero-order valence-corrected chi connectivity index (χ0v) is 15.5. The van der Waals surface area contributed by atoms with Gasteiger partial charge in [0.1, 0.15) is 18.7 Å². The Morgan fingerprint density at radius 1 is 1.14 bits per heavy atom. The third-order valence-electron chi connectivity index (χ3n) is 4.52. The van der Waals surface area contributed by atoms with E-state index >= 15 is 0 Å². The van der Waals surface area contributed by atoms with Crippen molar-refractivity contribution in [3.05, 3.63) is 82.2 Å². The Hall–Kier alpha value is -3.88. The van der Waals surface area contributed by atoms with Crippen LogP contribution in [0.4, 0.5) is 10.1 Å². The van der Waals surface area contributed by atoms with Gasteiger partial charge in [0.2, 0.25) is 5.91 Å². The van der Waals surface area contributed by atoms with Gasteiger partial charge in [-0.15, -0.1) is 5.10 Å². The van der Waals surface area contributed by atoms with Crippen LogP contribution >= 0.6 is 0 Å². The minimum atomic E-state index is -0.458. The van der Waals surface area contributed by atoms with Gasteiger partial charge in [-0.25, -0.2) is 14.1 Å². The van der Waals surface area contributed by atoms with Crippen molar-refractivity contribution in [3.63, 3.8) is 0 Å². The number of anilines is 1. The largest absolute Gasteiger partial charge is 0.325 e. The van der Waals surface area contributed by atoms with E-state index in [0.717, 1.165) is 15.7 Å². The quantitative estimate of drug-likeness (QED) is 0.561. The smallest absolute Gasteiger partial charge is 0.283 e. The molecule has 9 heteroatoms. The molecule has 2 aromatic carbocycles. The SMILES string of the molecule is Cc1ccccc1Cn1nnc2c(=O)n(CC(=O)Nc3ccc(F)cc3)cnc21. The summed E-state index contributed by atoms with van der Waals surface area (Å²) in [6, 6.07) is 13.2. The van der Waals surface area contributed by atoms with Gasteiger partial charge in [-0.3, -0.25) is 14.2 Å². The molecule has 1 N–H and O–H groups in total. The fourth-order valence-corrected chi connectivity index (χ4v) is 2.94. The Kier molecular flexibility index (Phi) is 4.86. The van der Waals surface area contributed by atoms with E-state index < -0.39 is 17.3 Å². The Balaban J connectivity index is 1.55. The van der Waals surface area contributed by atoms with Crippen LogP contribution in [0, 0.1) is 12.7 Å². The molecular formula is C20H17FN6O2. The summed E-state index contributed by atoms with van der Waals surface area (Å²) in [6.07, 6.45) is 1.30. The van der Waals surface area contributed by atoms with Crippen LogP contribution in [-0.2, 0) is 17.9 Å². The lowest BCUT2D eigenvalue weighted by Crippen LogP contribution is -2.28. The number of hydrogen-bond acceptors (Lipinski definition) is 5. The summed E-state index contributed by atoms with van der Waals surface area (Å²) in [5.41, 5.74) is 2.57. The summed E-state index contributed by atoms with van der Waals surface area (Å²) in [6.45, 7) is 2.18. The molecule has 0 fully saturated rings. The molecule has 0 spiro atoms. The average molecular weight is 392 g/mol. The number of fused-ring (bicyclic) bond motifs is 1. The maximum absolute atomic E-state index is 13.0. The number of nitrogens with zero attached hydrogens (tertiary/aromatic N) is 5. The minimum absolute atomic E-state index is 0.0932. The van der Waals surface area contributed by atoms with Gasteiger partial charge in [-0.2, -0.15) is 0 Å². The van der Waals surface area contributed by atoms with Crippen molar-refractivity contribution in [2.24, 2.45) is 0 Å². The molecule has 0 unspecified atom stereocenters. The highest BCUT2D eigenvalue weighted by atomic mass is 19.1. The van der Waals surface area contributed by atoms with Crippen molar-refractivity contribution in [1.82, 2.24) is 24.5 Å². The van der Waals surface area contributed by atoms with Crippen LogP contribution in [0.25, 0.3) is 11.2 Å². The normalized spacial score (nSPS) is 11.0. The number of nitrogens with one attached hydrogen (secondary N) is 1. The van der Waals surface area contributed by atoms with Crippen LogP contribution in [0.15, 0.2) is 59.7 Å². The Labute approximate surface area is 164 Å². The summed E-state index contributed by atoms with van der Waals surface area (Å²) >= 11 is 0. The number of rotatable bonds is 5. The lowest BCUT2D eigenvalue weighted by atomic mass is 10.1. The molecule has 0 aliphatic carbocycles. The number of halogens is 1. The highest BCUT2D eigenvalue weighted by Crippen LogP contribution is 2.12. The van der Waals surface area contributed by atoms with Crippen molar-refractivity contribution >= 4 is 22.8 Å². The molecule has 0 saturated heterocycles. The van der Waals surface area contributed by atoms with Crippen molar-refractivity contribution in [2.75, 3.05) is 5.32 Å². The average Bonchev–Trinajstić information content (AvgIpc) is 3.11.